The first-order valence-electron chi connectivity index (χ1n) is 5.74. The zero-order valence-electron chi connectivity index (χ0n) is 11.3. The third kappa shape index (κ3) is 2.71. The number of rotatable bonds is 5. The number of sulfonamides is 1. The van der Waals surface area contributed by atoms with E-state index in [0.29, 0.717) is 17.3 Å². The summed E-state index contributed by atoms with van der Waals surface area (Å²) in [6.07, 6.45) is 0. The monoisotopic (exact) mass is 301 g/mol. The van der Waals surface area contributed by atoms with Crippen LogP contribution in [0.5, 0.6) is 0 Å². The smallest absolute Gasteiger partial charge is 0.273 e. The first-order valence-corrected chi connectivity index (χ1v) is 7.28. The maximum atomic E-state index is 11.5. The summed E-state index contributed by atoms with van der Waals surface area (Å²) >= 11 is 0. The molecular formula is C10H15N5O4S. The topological polar surface area (TPSA) is 126 Å². The molecule has 9 nitrogen and oxygen atoms in total. The molecule has 0 atom stereocenters. The Bertz CT molecular complexity index is 718. The van der Waals surface area contributed by atoms with Gasteiger partial charge >= 0.3 is 0 Å². The molecule has 0 spiro atoms. The van der Waals surface area contributed by atoms with E-state index in [1.807, 2.05) is 0 Å². The minimum absolute atomic E-state index is 0.226. The quantitative estimate of drug-likeness (QED) is 0.813. The molecule has 0 bridgehead atoms. The molecule has 110 valence electrons. The van der Waals surface area contributed by atoms with Crippen molar-refractivity contribution in [2.75, 3.05) is 13.7 Å². The molecule has 0 aliphatic carbocycles. The minimum Gasteiger partial charge on any atom is -0.437 e. The molecule has 0 aliphatic heterocycles. The van der Waals surface area contributed by atoms with Gasteiger partial charge in [-0.2, -0.15) is 0 Å². The molecule has 0 saturated carbocycles. The van der Waals surface area contributed by atoms with Gasteiger partial charge in [0.05, 0.1) is 18.8 Å². The highest BCUT2D eigenvalue weighted by molar-refractivity contribution is 7.89. The van der Waals surface area contributed by atoms with Crippen LogP contribution in [0.4, 0.5) is 0 Å². The Kier molecular flexibility index (Phi) is 3.88. The molecule has 0 unspecified atom stereocenters. The summed E-state index contributed by atoms with van der Waals surface area (Å²) in [5.41, 5.74) is 0.592. The predicted octanol–water partition coefficient (Wildman–Crippen LogP) is -0.156. The van der Waals surface area contributed by atoms with Crippen molar-refractivity contribution in [2.24, 2.45) is 5.14 Å². The molecule has 0 saturated heterocycles. The average Bonchev–Trinajstić information content (AvgIpc) is 2.88. The Morgan fingerprint density at radius 2 is 2.05 bits per heavy atom. The van der Waals surface area contributed by atoms with E-state index in [2.05, 4.69) is 15.2 Å². The summed E-state index contributed by atoms with van der Waals surface area (Å²) in [5, 5.41) is 12.3. The van der Waals surface area contributed by atoms with E-state index in [-0.39, 0.29) is 24.1 Å². The third-order valence-corrected chi connectivity index (χ3v) is 3.41. The van der Waals surface area contributed by atoms with Gasteiger partial charge in [0.25, 0.3) is 15.2 Å². The number of aryl methyl sites for hydroxylation is 2. The number of primary sulfonamides is 1. The first kappa shape index (κ1) is 14.6. The standard InChI is InChI=1S/C10H15N5O4S/c1-6-8(19-7(2)12-6)9-13-14-10(20(11,16)17)15(9)4-5-18-3/h4-5H2,1-3H3,(H2,11,16,17). The molecule has 2 N–H and O–H groups in total. The molecule has 0 aromatic carbocycles. The second-order valence-electron chi connectivity index (χ2n) is 4.14. The SMILES string of the molecule is COCCn1c(-c2oc(C)nc2C)nnc1S(N)(=O)=O. The molecule has 0 aliphatic rings. The van der Waals surface area contributed by atoms with Gasteiger partial charge in [0.15, 0.2) is 11.7 Å². The largest absolute Gasteiger partial charge is 0.437 e. The molecular weight excluding hydrogens is 286 g/mol. The van der Waals surface area contributed by atoms with Crippen molar-refractivity contribution >= 4 is 10.0 Å². The fourth-order valence-electron chi connectivity index (χ4n) is 1.79. The van der Waals surface area contributed by atoms with Crippen LogP contribution in [0.1, 0.15) is 11.6 Å². The van der Waals surface area contributed by atoms with E-state index in [1.54, 1.807) is 13.8 Å². The normalized spacial score (nSPS) is 12.0. The van der Waals surface area contributed by atoms with Crippen LogP contribution in [0.3, 0.4) is 0 Å². The van der Waals surface area contributed by atoms with Gasteiger partial charge in [-0.3, -0.25) is 4.57 Å². The molecule has 2 aromatic heterocycles. The lowest BCUT2D eigenvalue weighted by Crippen LogP contribution is -2.20. The van der Waals surface area contributed by atoms with Crippen LogP contribution in [0.25, 0.3) is 11.6 Å². The third-order valence-electron chi connectivity index (χ3n) is 2.60. The summed E-state index contributed by atoms with van der Waals surface area (Å²) in [7, 11) is -2.48. The lowest BCUT2D eigenvalue weighted by atomic mass is 10.3. The van der Waals surface area contributed by atoms with Crippen molar-refractivity contribution in [1.82, 2.24) is 19.7 Å². The molecule has 0 fully saturated rings. The van der Waals surface area contributed by atoms with Crippen LogP contribution in [0.15, 0.2) is 9.57 Å². The van der Waals surface area contributed by atoms with Gasteiger partial charge in [0, 0.05) is 14.0 Å². The van der Waals surface area contributed by atoms with E-state index in [4.69, 9.17) is 14.3 Å². The van der Waals surface area contributed by atoms with E-state index in [0.717, 1.165) is 0 Å². The number of nitrogens with two attached hydrogens (primary N) is 1. The van der Waals surface area contributed by atoms with Crippen molar-refractivity contribution in [3.63, 3.8) is 0 Å². The first-order chi connectivity index (χ1) is 9.34. The van der Waals surface area contributed by atoms with E-state index in [1.165, 1.54) is 11.7 Å². The van der Waals surface area contributed by atoms with Gasteiger partial charge in [0.1, 0.15) is 0 Å². The van der Waals surface area contributed by atoms with E-state index in [9.17, 15) is 8.42 Å². The van der Waals surface area contributed by atoms with Crippen molar-refractivity contribution in [2.45, 2.75) is 25.5 Å². The van der Waals surface area contributed by atoms with Crippen molar-refractivity contribution in [3.05, 3.63) is 11.6 Å². The van der Waals surface area contributed by atoms with Crippen LogP contribution in [0, 0.1) is 13.8 Å². The Labute approximate surface area is 115 Å². The number of nitrogens with zero attached hydrogens (tertiary/aromatic N) is 4. The van der Waals surface area contributed by atoms with Gasteiger partial charge < -0.3 is 9.15 Å². The highest BCUT2D eigenvalue weighted by atomic mass is 32.2. The molecule has 0 radical (unpaired) electrons. The van der Waals surface area contributed by atoms with Crippen molar-refractivity contribution < 1.29 is 17.6 Å². The zero-order valence-corrected chi connectivity index (χ0v) is 12.1. The Balaban J connectivity index is 2.59. The molecule has 20 heavy (non-hydrogen) atoms. The highest BCUT2D eigenvalue weighted by Gasteiger charge is 2.25. The number of ether oxygens (including phenoxy) is 1. The summed E-state index contributed by atoms with van der Waals surface area (Å²) in [4.78, 5) is 4.12. The molecule has 0 amide bonds. The van der Waals surface area contributed by atoms with Gasteiger partial charge in [-0.05, 0) is 6.92 Å². The lowest BCUT2D eigenvalue weighted by Gasteiger charge is -2.07. The molecule has 2 aromatic rings. The van der Waals surface area contributed by atoms with Gasteiger partial charge in [-0.15, -0.1) is 10.2 Å². The average molecular weight is 301 g/mol. The van der Waals surface area contributed by atoms with Gasteiger partial charge in [-0.25, -0.2) is 18.5 Å². The van der Waals surface area contributed by atoms with E-state index >= 15 is 0 Å². The summed E-state index contributed by atoms with van der Waals surface area (Å²) < 4.78 is 34.8. The van der Waals surface area contributed by atoms with Crippen molar-refractivity contribution in [3.8, 4) is 11.6 Å². The molecule has 2 rings (SSSR count). The van der Waals surface area contributed by atoms with Crippen LogP contribution < -0.4 is 5.14 Å². The highest BCUT2D eigenvalue weighted by Crippen LogP contribution is 2.24. The second-order valence-corrected chi connectivity index (χ2v) is 5.60. The molecule has 2 heterocycles. The zero-order chi connectivity index (χ0) is 14.9. The number of hydrogen-bond acceptors (Lipinski definition) is 7. The second kappa shape index (κ2) is 5.31. The minimum atomic E-state index is -3.99. The molecule has 10 heteroatoms. The van der Waals surface area contributed by atoms with Crippen LogP contribution >= 0.6 is 0 Å². The number of hydrogen-bond donors (Lipinski definition) is 1. The number of methoxy groups -OCH3 is 1. The van der Waals surface area contributed by atoms with Crippen LogP contribution in [-0.2, 0) is 21.3 Å². The van der Waals surface area contributed by atoms with Gasteiger partial charge in [-0.1, -0.05) is 0 Å². The maximum absolute atomic E-state index is 11.5. The predicted molar refractivity (Wildman–Crippen MR) is 68.2 cm³/mol. The fraction of sp³-hybridized carbons (Fsp3) is 0.500. The number of oxazole rings is 1. The fourth-order valence-corrected chi connectivity index (χ4v) is 2.43. The number of aromatic nitrogens is 4. The lowest BCUT2D eigenvalue weighted by molar-refractivity contribution is 0.185. The Hall–Kier alpha value is -1.78. The summed E-state index contributed by atoms with van der Waals surface area (Å²) in [6, 6.07) is 0. The summed E-state index contributed by atoms with van der Waals surface area (Å²) in [6.45, 7) is 3.92. The van der Waals surface area contributed by atoms with E-state index < -0.39 is 10.0 Å². The van der Waals surface area contributed by atoms with Crippen molar-refractivity contribution in [1.29, 1.82) is 0 Å². The maximum Gasteiger partial charge on any atom is 0.273 e. The Morgan fingerprint density at radius 3 is 2.55 bits per heavy atom. The summed E-state index contributed by atoms with van der Waals surface area (Å²) in [5.74, 6) is 1.07. The Morgan fingerprint density at radius 1 is 1.35 bits per heavy atom. The van der Waals surface area contributed by atoms with Crippen LogP contribution in [0.2, 0.25) is 0 Å². The van der Waals surface area contributed by atoms with Crippen LogP contribution in [-0.4, -0.2) is 41.9 Å². The van der Waals surface area contributed by atoms with Gasteiger partial charge in [0.2, 0.25) is 5.82 Å².